The van der Waals surface area contributed by atoms with Gasteiger partial charge in [-0.3, -0.25) is 14.4 Å². The zero-order valence-corrected chi connectivity index (χ0v) is 21.2. The number of nitrogens with two attached hydrogens (primary N) is 1. The maximum atomic E-state index is 13.1. The second-order valence-corrected chi connectivity index (χ2v) is 9.31. The van der Waals surface area contributed by atoms with Crippen LogP contribution in [0.25, 0.3) is 0 Å². The van der Waals surface area contributed by atoms with Crippen LogP contribution in [0.5, 0.6) is 0 Å². The third kappa shape index (κ3) is 9.72. The molecule has 0 saturated heterocycles. The molecule has 0 aliphatic rings. The van der Waals surface area contributed by atoms with E-state index in [4.69, 9.17) is 5.73 Å². The highest BCUT2D eigenvalue weighted by Crippen LogP contribution is 2.12. The van der Waals surface area contributed by atoms with Gasteiger partial charge in [-0.25, -0.2) is 4.79 Å². The normalized spacial score (nSPS) is 15.5. The number of thiol groups is 1. The largest absolute Gasteiger partial charge is 0.480 e. The van der Waals surface area contributed by atoms with E-state index in [0.717, 1.165) is 5.56 Å². The van der Waals surface area contributed by atoms with Gasteiger partial charge >= 0.3 is 5.97 Å². The lowest BCUT2D eigenvalue weighted by Gasteiger charge is -2.28. The standard InChI is InChI=1S/C24H38N4O5S/c1-5-15(4)20(23(31)27-19(13-34)24(32)33)28-22(30)18(11-14(2)3)26-21(29)17(25)12-16-9-7-6-8-10-16/h6-10,14-15,17-20,34H,5,11-13,25H2,1-4H3,(H,26,29)(H,27,31)(H,28,30)(H,32,33). The van der Waals surface area contributed by atoms with Gasteiger partial charge in [0, 0.05) is 5.75 Å². The maximum Gasteiger partial charge on any atom is 0.327 e. The van der Waals surface area contributed by atoms with Crippen LogP contribution in [0, 0.1) is 11.8 Å². The highest BCUT2D eigenvalue weighted by Gasteiger charge is 2.32. The Labute approximate surface area is 207 Å². The van der Waals surface area contributed by atoms with Gasteiger partial charge in [-0.15, -0.1) is 0 Å². The fourth-order valence-corrected chi connectivity index (χ4v) is 3.59. The average Bonchev–Trinajstić information content (AvgIpc) is 2.79. The van der Waals surface area contributed by atoms with Gasteiger partial charge in [0.05, 0.1) is 6.04 Å². The van der Waals surface area contributed by atoms with Gasteiger partial charge in [-0.05, 0) is 30.2 Å². The molecule has 0 aromatic heterocycles. The number of rotatable bonds is 14. The lowest BCUT2D eigenvalue weighted by molar-refractivity contribution is -0.142. The number of amides is 3. The molecule has 34 heavy (non-hydrogen) atoms. The number of hydrogen-bond donors (Lipinski definition) is 6. The molecule has 0 radical (unpaired) electrons. The Balaban J connectivity index is 2.95. The Bertz CT molecular complexity index is 821. The van der Waals surface area contributed by atoms with Crippen LogP contribution in [-0.2, 0) is 25.6 Å². The van der Waals surface area contributed by atoms with Gasteiger partial charge in [-0.2, -0.15) is 12.6 Å². The van der Waals surface area contributed by atoms with E-state index in [9.17, 15) is 24.3 Å². The smallest absolute Gasteiger partial charge is 0.327 e. The zero-order valence-electron chi connectivity index (χ0n) is 20.3. The van der Waals surface area contributed by atoms with Crippen molar-refractivity contribution >= 4 is 36.3 Å². The number of nitrogens with one attached hydrogen (secondary N) is 3. The quantitative estimate of drug-likeness (QED) is 0.213. The summed E-state index contributed by atoms with van der Waals surface area (Å²) in [6.45, 7) is 7.48. The van der Waals surface area contributed by atoms with Crippen LogP contribution >= 0.6 is 12.6 Å². The number of carboxylic acids is 1. The molecular weight excluding hydrogens is 456 g/mol. The molecular formula is C24H38N4O5S. The van der Waals surface area contributed by atoms with Gasteiger partial charge < -0.3 is 26.8 Å². The lowest BCUT2D eigenvalue weighted by atomic mass is 9.96. The van der Waals surface area contributed by atoms with Gasteiger partial charge in [0.25, 0.3) is 0 Å². The molecule has 0 bridgehead atoms. The topological polar surface area (TPSA) is 151 Å². The minimum Gasteiger partial charge on any atom is -0.480 e. The molecule has 9 nitrogen and oxygen atoms in total. The molecule has 0 aliphatic heterocycles. The fourth-order valence-electron chi connectivity index (χ4n) is 3.35. The van der Waals surface area contributed by atoms with Crippen LogP contribution in [0.2, 0.25) is 0 Å². The molecule has 190 valence electrons. The van der Waals surface area contributed by atoms with Crippen molar-refractivity contribution in [2.24, 2.45) is 17.6 Å². The van der Waals surface area contributed by atoms with Gasteiger partial charge in [-0.1, -0.05) is 64.4 Å². The van der Waals surface area contributed by atoms with E-state index in [1.165, 1.54) is 0 Å². The molecule has 5 unspecified atom stereocenters. The van der Waals surface area contributed by atoms with E-state index in [-0.39, 0.29) is 17.6 Å². The lowest BCUT2D eigenvalue weighted by Crippen LogP contribution is -2.59. The zero-order chi connectivity index (χ0) is 25.8. The molecule has 1 rings (SSSR count). The summed E-state index contributed by atoms with van der Waals surface area (Å²) in [4.78, 5) is 50.0. The van der Waals surface area contributed by atoms with Gasteiger partial charge in [0.1, 0.15) is 18.1 Å². The Hall–Kier alpha value is -2.59. The molecule has 1 aromatic rings. The highest BCUT2D eigenvalue weighted by atomic mass is 32.1. The van der Waals surface area contributed by atoms with Gasteiger partial charge in [0.15, 0.2) is 0 Å². The molecule has 1 aromatic carbocycles. The second kappa shape index (κ2) is 14.6. The molecule has 5 atom stereocenters. The SMILES string of the molecule is CCC(C)C(NC(=O)C(CC(C)C)NC(=O)C(N)Cc1ccccc1)C(=O)NC(CS)C(=O)O. The average molecular weight is 495 g/mol. The summed E-state index contributed by atoms with van der Waals surface area (Å²) in [6.07, 6.45) is 1.24. The van der Waals surface area contributed by atoms with Crippen molar-refractivity contribution in [1.82, 2.24) is 16.0 Å². The molecule has 0 saturated carbocycles. The van der Waals surface area contributed by atoms with Crippen LogP contribution in [0.4, 0.5) is 0 Å². The van der Waals surface area contributed by atoms with Crippen molar-refractivity contribution in [2.45, 2.75) is 71.1 Å². The molecule has 0 fully saturated rings. The minimum atomic E-state index is -1.21. The van der Waals surface area contributed by atoms with Crippen molar-refractivity contribution < 1.29 is 24.3 Å². The fraction of sp³-hybridized carbons (Fsp3) is 0.583. The first-order valence-corrected chi connectivity index (χ1v) is 12.2. The first kappa shape index (κ1) is 29.4. The van der Waals surface area contributed by atoms with Crippen LogP contribution in [0.1, 0.15) is 46.1 Å². The summed E-state index contributed by atoms with van der Waals surface area (Å²) in [5, 5.41) is 17.1. The number of carboxylic acid groups (broad SMARTS) is 1. The number of aliphatic carboxylic acids is 1. The molecule has 0 aliphatic carbocycles. The van der Waals surface area contributed by atoms with Crippen LogP contribution in [-0.4, -0.2) is 58.7 Å². The summed E-state index contributed by atoms with van der Waals surface area (Å²) in [6, 6.07) is 5.45. The Kier molecular flexibility index (Phi) is 12.7. The van der Waals surface area contributed by atoms with E-state index in [0.29, 0.717) is 19.3 Å². The summed E-state index contributed by atoms with van der Waals surface area (Å²) in [7, 11) is 0. The molecule has 0 heterocycles. The van der Waals surface area contributed by atoms with Crippen molar-refractivity contribution in [3.8, 4) is 0 Å². The third-order valence-corrected chi connectivity index (χ3v) is 5.93. The Morgan fingerprint density at radius 1 is 0.941 bits per heavy atom. The van der Waals surface area contributed by atoms with Crippen LogP contribution < -0.4 is 21.7 Å². The number of benzene rings is 1. The van der Waals surface area contributed by atoms with E-state index in [1.54, 1.807) is 6.92 Å². The third-order valence-electron chi connectivity index (χ3n) is 5.57. The first-order valence-electron chi connectivity index (χ1n) is 11.5. The summed E-state index contributed by atoms with van der Waals surface area (Å²) in [5.41, 5.74) is 6.98. The highest BCUT2D eigenvalue weighted by molar-refractivity contribution is 7.80. The summed E-state index contributed by atoms with van der Waals surface area (Å²) >= 11 is 3.96. The van der Waals surface area contributed by atoms with Crippen LogP contribution in [0.3, 0.4) is 0 Å². The first-order chi connectivity index (χ1) is 16.0. The van der Waals surface area contributed by atoms with E-state index < -0.39 is 47.9 Å². The van der Waals surface area contributed by atoms with E-state index in [1.807, 2.05) is 51.1 Å². The van der Waals surface area contributed by atoms with Crippen molar-refractivity contribution in [2.75, 3.05) is 5.75 Å². The Morgan fingerprint density at radius 3 is 2.03 bits per heavy atom. The molecule has 10 heteroatoms. The van der Waals surface area contributed by atoms with E-state index >= 15 is 0 Å². The van der Waals surface area contributed by atoms with E-state index in [2.05, 4.69) is 28.6 Å². The monoisotopic (exact) mass is 494 g/mol. The Morgan fingerprint density at radius 2 is 1.53 bits per heavy atom. The molecule has 3 amide bonds. The minimum absolute atomic E-state index is 0.0813. The molecule has 6 N–H and O–H groups in total. The second-order valence-electron chi connectivity index (χ2n) is 8.94. The van der Waals surface area contributed by atoms with Crippen molar-refractivity contribution in [3.05, 3.63) is 35.9 Å². The van der Waals surface area contributed by atoms with Crippen molar-refractivity contribution in [1.29, 1.82) is 0 Å². The summed E-state index contributed by atoms with van der Waals surface area (Å²) in [5.74, 6) is -3.09. The number of carbonyl (C=O) groups excluding carboxylic acids is 3. The maximum absolute atomic E-state index is 13.1. The molecule has 0 spiro atoms. The van der Waals surface area contributed by atoms with Gasteiger partial charge in [0.2, 0.25) is 17.7 Å². The van der Waals surface area contributed by atoms with Crippen molar-refractivity contribution in [3.63, 3.8) is 0 Å². The van der Waals surface area contributed by atoms with Crippen LogP contribution in [0.15, 0.2) is 30.3 Å². The predicted octanol–water partition coefficient (Wildman–Crippen LogP) is 1.12. The predicted molar refractivity (Wildman–Crippen MR) is 134 cm³/mol. The number of carbonyl (C=O) groups is 4. The summed E-state index contributed by atoms with van der Waals surface area (Å²) < 4.78 is 0. The number of hydrogen-bond acceptors (Lipinski definition) is 6.